The van der Waals surface area contributed by atoms with Gasteiger partial charge < -0.3 is 0 Å². The first-order valence-electron chi connectivity index (χ1n) is 5.68. The van der Waals surface area contributed by atoms with E-state index < -0.39 is 0 Å². The first kappa shape index (κ1) is 11.4. The van der Waals surface area contributed by atoms with Crippen molar-refractivity contribution in [3.63, 3.8) is 0 Å². The third-order valence-electron chi connectivity index (χ3n) is 2.79. The molecule has 2 aromatic rings. The van der Waals surface area contributed by atoms with Gasteiger partial charge in [0.15, 0.2) is 0 Å². The first-order chi connectivity index (χ1) is 8.20. The van der Waals surface area contributed by atoms with Crippen LogP contribution in [0.15, 0.2) is 30.6 Å². The number of benzene rings is 1. The number of rotatable bonds is 3. The summed E-state index contributed by atoms with van der Waals surface area (Å²) in [4.78, 5) is 0. The summed E-state index contributed by atoms with van der Waals surface area (Å²) < 4.78 is 1.82. The van der Waals surface area contributed by atoms with E-state index >= 15 is 0 Å². The van der Waals surface area contributed by atoms with Gasteiger partial charge in [-0.05, 0) is 25.0 Å². The van der Waals surface area contributed by atoms with E-state index in [9.17, 15) is 0 Å². The monoisotopic (exact) mass is 225 g/mol. The molecular formula is C14H15N3. The summed E-state index contributed by atoms with van der Waals surface area (Å²) in [5.41, 5.74) is 4.82. The highest BCUT2D eigenvalue weighted by Gasteiger charge is 2.05. The number of aromatic nitrogens is 2. The number of nitrogens with zero attached hydrogens (tertiary/aromatic N) is 3. The maximum Gasteiger partial charge on any atom is 0.0641 e. The second kappa shape index (κ2) is 4.84. The minimum Gasteiger partial charge on any atom is -0.271 e. The standard InChI is InChI=1S/C14H15N3/c1-11-4-5-12(2)14(8-11)13-9-16-17(10-13)7-3-6-15/h4-5,8-10H,3,7H2,1-2H3. The van der Waals surface area contributed by atoms with Gasteiger partial charge in [0.2, 0.25) is 0 Å². The van der Waals surface area contributed by atoms with Crippen molar-refractivity contribution in [1.29, 1.82) is 5.26 Å². The lowest BCUT2D eigenvalue weighted by atomic mass is 10.0. The molecule has 0 spiro atoms. The van der Waals surface area contributed by atoms with Crippen molar-refractivity contribution in [2.75, 3.05) is 0 Å². The van der Waals surface area contributed by atoms with Gasteiger partial charge in [-0.1, -0.05) is 23.8 Å². The molecule has 1 aromatic heterocycles. The summed E-state index contributed by atoms with van der Waals surface area (Å²) in [7, 11) is 0. The molecule has 0 atom stereocenters. The molecular weight excluding hydrogens is 210 g/mol. The molecule has 0 saturated carbocycles. The lowest BCUT2D eigenvalue weighted by Gasteiger charge is -2.04. The number of nitriles is 1. The van der Waals surface area contributed by atoms with E-state index in [-0.39, 0.29) is 0 Å². The molecule has 0 saturated heterocycles. The van der Waals surface area contributed by atoms with Crippen molar-refractivity contribution >= 4 is 0 Å². The van der Waals surface area contributed by atoms with Crippen molar-refractivity contribution in [3.8, 4) is 17.2 Å². The van der Waals surface area contributed by atoms with Crippen molar-refractivity contribution in [2.24, 2.45) is 0 Å². The normalized spacial score (nSPS) is 10.2. The average Bonchev–Trinajstić information content (AvgIpc) is 2.78. The Bertz CT molecular complexity index is 561. The van der Waals surface area contributed by atoms with Crippen molar-refractivity contribution in [2.45, 2.75) is 26.8 Å². The lowest BCUT2D eigenvalue weighted by molar-refractivity contribution is 0.628. The van der Waals surface area contributed by atoms with Gasteiger partial charge in [-0.3, -0.25) is 4.68 Å². The van der Waals surface area contributed by atoms with Crippen molar-refractivity contribution < 1.29 is 0 Å². The van der Waals surface area contributed by atoms with Crippen LogP contribution < -0.4 is 0 Å². The predicted octanol–water partition coefficient (Wildman–Crippen LogP) is 3.08. The molecule has 0 N–H and O–H groups in total. The zero-order chi connectivity index (χ0) is 12.3. The molecule has 3 nitrogen and oxygen atoms in total. The molecule has 0 unspecified atom stereocenters. The van der Waals surface area contributed by atoms with Gasteiger partial charge in [0.1, 0.15) is 0 Å². The van der Waals surface area contributed by atoms with Crippen LogP contribution in [-0.4, -0.2) is 9.78 Å². The molecule has 0 amide bonds. The molecule has 0 aliphatic carbocycles. The summed E-state index contributed by atoms with van der Waals surface area (Å²) >= 11 is 0. The fourth-order valence-electron chi connectivity index (χ4n) is 1.84. The van der Waals surface area contributed by atoms with Crippen molar-refractivity contribution in [3.05, 3.63) is 41.7 Å². The molecule has 2 rings (SSSR count). The van der Waals surface area contributed by atoms with Crippen LogP contribution >= 0.6 is 0 Å². The summed E-state index contributed by atoms with van der Waals surface area (Å²) in [6, 6.07) is 8.52. The molecule has 0 aliphatic rings. The second-order valence-corrected chi connectivity index (χ2v) is 4.22. The smallest absolute Gasteiger partial charge is 0.0641 e. The maximum atomic E-state index is 8.54. The SMILES string of the molecule is Cc1ccc(C)c(-c2cnn(CCC#N)c2)c1. The summed E-state index contributed by atoms with van der Waals surface area (Å²) in [6.07, 6.45) is 4.35. The van der Waals surface area contributed by atoms with E-state index in [1.165, 1.54) is 16.7 Å². The number of hydrogen-bond donors (Lipinski definition) is 0. The molecule has 0 fully saturated rings. The third-order valence-corrected chi connectivity index (χ3v) is 2.79. The van der Waals surface area contributed by atoms with Crippen LogP contribution in [0.5, 0.6) is 0 Å². The highest BCUT2D eigenvalue weighted by Crippen LogP contribution is 2.23. The van der Waals surface area contributed by atoms with Crippen LogP contribution in [-0.2, 0) is 6.54 Å². The van der Waals surface area contributed by atoms with Crippen LogP contribution in [0, 0.1) is 25.2 Å². The van der Waals surface area contributed by atoms with E-state index in [0.717, 1.165) is 5.56 Å². The Morgan fingerprint density at radius 3 is 2.94 bits per heavy atom. The zero-order valence-corrected chi connectivity index (χ0v) is 10.1. The van der Waals surface area contributed by atoms with Crippen LogP contribution in [0.2, 0.25) is 0 Å². The topological polar surface area (TPSA) is 41.6 Å². The van der Waals surface area contributed by atoms with Crippen LogP contribution in [0.3, 0.4) is 0 Å². The van der Waals surface area contributed by atoms with Gasteiger partial charge in [0.05, 0.1) is 25.2 Å². The van der Waals surface area contributed by atoms with Gasteiger partial charge in [-0.2, -0.15) is 10.4 Å². The lowest BCUT2D eigenvalue weighted by Crippen LogP contribution is -1.96. The highest BCUT2D eigenvalue weighted by molar-refractivity contribution is 5.66. The van der Waals surface area contributed by atoms with Gasteiger partial charge >= 0.3 is 0 Å². The van der Waals surface area contributed by atoms with E-state index in [1.807, 2.05) is 17.1 Å². The summed E-state index contributed by atoms with van der Waals surface area (Å²) in [5.74, 6) is 0. The molecule has 17 heavy (non-hydrogen) atoms. The zero-order valence-electron chi connectivity index (χ0n) is 10.1. The minimum absolute atomic E-state index is 0.494. The quantitative estimate of drug-likeness (QED) is 0.805. The van der Waals surface area contributed by atoms with E-state index in [0.29, 0.717) is 13.0 Å². The highest BCUT2D eigenvalue weighted by atomic mass is 15.3. The third kappa shape index (κ3) is 2.54. The largest absolute Gasteiger partial charge is 0.271 e. The molecule has 1 heterocycles. The minimum atomic E-state index is 0.494. The van der Waals surface area contributed by atoms with Gasteiger partial charge in [0.25, 0.3) is 0 Å². The Morgan fingerprint density at radius 2 is 2.18 bits per heavy atom. The van der Waals surface area contributed by atoms with Crippen LogP contribution in [0.1, 0.15) is 17.5 Å². The fraction of sp³-hybridized carbons (Fsp3) is 0.286. The Morgan fingerprint density at radius 1 is 1.35 bits per heavy atom. The number of hydrogen-bond acceptors (Lipinski definition) is 2. The van der Waals surface area contributed by atoms with E-state index in [1.54, 1.807) is 0 Å². The molecule has 0 radical (unpaired) electrons. The van der Waals surface area contributed by atoms with Gasteiger partial charge in [0, 0.05) is 11.8 Å². The second-order valence-electron chi connectivity index (χ2n) is 4.22. The maximum absolute atomic E-state index is 8.54. The predicted molar refractivity (Wildman–Crippen MR) is 67.4 cm³/mol. The van der Waals surface area contributed by atoms with Gasteiger partial charge in [-0.15, -0.1) is 0 Å². The van der Waals surface area contributed by atoms with E-state index in [4.69, 9.17) is 5.26 Å². The Kier molecular flexibility index (Phi) is 3.24. The average molecular weight is 225 g/mol. The van der Waals surface area contributed by atoms with Crippen LogP contribution in [0.25, 0.3) is 11.1 Å². The molecule has 0 bridgehead atoms. The van der Waals surface area contributed by atoms with Crippen molar-refractivity contribution in [1.82, 2.24) is 9.78 Å². The number of aryl methyl sites for hydroxylation is 3. The van der Waals surface area contributed by atoms with Gasteiger partial charge in [-0.25, -0.2) is 0 Å². The molecule has 0 aliphatic heterocycles. The molecule has 3 heteroatoms. The summed E-state index contributed by atoms with van der Waals surface area (Å²) in [5, 5.41) is 12.8. The fourth-order valence-corrected chi connectivity index (χ4v) is 1.84. The Balaban J connectivity index is 2.30. The Hall–Kier alpha value is -2.08. The molecule has 86 valence electrons. The first-order valence-corrected chi connectivity index (χ1v) is 5.68. The molecule has 1 aromatic carbocycles. The Labute approximate surface area is 101 Å². The van der Waals surface area contributed by atoms with E-state index in [2.05, 4.69) is 43.2 Å². The van der Waals surface area contributed by atoms with Crippen LogP contribution in [0.4, 0.5) is 0 Å². The summed E-state index contributed by atoms with van der Waals surface area (Å²) in [6.45, 7) is 4.84.